The van der Waals surface area contributed by atoms with Gasteiger partial charge in [-0.15, -0.1) is 0 Å². The number of likely N-dealkylation sites (tertiary alicyclic amines) is 1. The minimum Gasteiger partial charge on any atom is -0.336 e. The Morgan fingerprint density at radius 3 is 2.90 bits per heavy atom. The van der Waals surface area contributed by atoms with Crippen molar-refractivity contribution >= 4 is 15.9 Å². The summed E-state index contributed by atoms with van der Waals surface area (Å²) in [7, 11) is -3.18. The molecular formula is C13H22N4O3S. The van der Waals surface area contributed by atoms with Gasteiger partial charge in [-0.25, -0.2) is 13.1 Å². The summed E-state index contributed by atoms with van der Waals surface area (Å²) >= 11 is 0. The Bertz CT molecular complexity index is 596. The van der Waals surface area contributed by atoms with E-state index >= 15 is 0 Å². The molecule has 1 saturated heterocycles. The highest BCUT2D eigenvalue weighted by atomic mass is 32.2. The van der Waals surface area contributed by atoms with Gasteiger partial charge in [0, 0.05) is 24.8 Å². The normalized spacial score (nSPS) is 19.7. The quantitative estimate of drug-likeness (QED) is 0.834. The predicted octanol–water partition coefficient (Wildman–Crippen LogP) is 0.652. The van der Waals surface area contributed by atoms with Gasteiger partial charge in [-0.05, 0) is 32.6 Å². The first-order chi connectivity index (χ1) is 9.88. The van der Waals surface area contributed by atoms with Gasteiger partial charge in [0.05, 0.1) is 18.0 Å². The van der Waals surface area contributed by atoms with Crippen molar-refractivity contribution < 1.29 is 13.2 Å². The van der Waals surface area contributed by atoms with E-state index in [4.69, 9.17) is 0 Å². The van der Waals surface area contributed by atoms with Crippen LogP contribution in [0.25, 0.3) is 0 Å². The zero-order valence-electron chi connectivity index (χ0n) is 12.4. The molecule has 0 bridgehead atoms. The van der Waals surface area contributed by atoms with E-state index in [9.17, 15) is 13.2 Å². The number of rotatable bonds is 5. The molecular weight excluding hydrogens is 292 g/mol. The summed E-state index contributed by atoms with van der Waals surface area (Å²) in [6, 6.07) is 0.0785. The molecule has 2 N–H and O–H groups in total. The van der Waals surface area contributed by atoms with E-state index in [1.165, 1.54) is 0 Å². The van der Waals surface area contributed by atoms with Crippen molar-refractivity contribution in [1.82, 2.24) is 19.8 Å². The second-order valence-electron chi connectivity index (χ2n) is 5.51. The summed E-state index contributed by atoms with van der Waals surface area (Å²) in [5.41, 5.74) is 1.36. The summed E-state index contributed by atoms with van der Waals surface area (Å²) in [6.07, 6.45) is 6.30. The Hall–Kier alpha value is -1.41. The van der Waals surface area contributed by atoms with E-state index in [-0.39, 0.29) is 11.9 Å². The van der Waals surface area contributed by atoms with E-state index in [1.807, 2.05) is 11.8 Å². The third-order valence-corrected chi connectivity index (χ3v) is 4.52. The number of nitrogens with one attached hydrogen (secondary N) is 2. The number of aryl methyl sites for hydroxylation is 1. The smallest absolute Gasteiger partial charge is 0.257 e. The molecule has 2 rings (SSSR count). The maximum Gasteiger partial charge on any atom is 0.257 e. The number of sulfonamides is 1. The van der Waals surface area contributed by atoms with Crippen molar-refractivity contribution in [3.8, 4) is 0 Å². The monoisotopic (exact) mass is 314 g/mol. The molecule has 2 heterocycles. The number of hydrogen-bond acceptors (Lipinski definition) is 4. The number of aromatic amines is 1. The summed E-state index contributed by atoms with van der Waals surface area (Å²) in [4.78, 5) is 14.4. The molecule has 0 saturated carbocycles. The Balaban J connectivity index is 2.02. The third kappa shape index (κ3) is 4.28. The molecule has 8 heteroatoms. The summed E-state index contributed by atoms with van der Waals surface area (Å²) < 4.78 is 24.7. The lowest BCUT2D eigenvalue weighted by atomic mass is 9.98. The van der Waals surface area contributed by atoms with Crippen molar-refractivity contribution in [2.75, 3.05) is 19.3 Å². The van der Waals surface area contributed by atoms with Crippen LogP contribution in [0.15, 0.2) is 6.20 Å². The molecule has 1 aromatic heterocycles. The molecule has 1 amide bonds. The molecule has 0 aliphatic carbocycles. The first-order valence-electron chi connectivity index (χ1n) is 7.14. The van der Waals surface area contributed by atoms with Crippen molar-refractivity contribution in [3.05, 3.63) is 17.5 Å². The van der Waals surface area contributed by atoms with Crippen molar-refractivity contribution in [2.45, 2.75) is 38.6 Å². The number of carbonyl (C=O) groups excluding carboxylic acids is 1. The highest BCUT2D eigenvalue weighted by Gasteiger charge is 2.28. The topological polar surface area (TPSA) is 95.2 Å². The van der Waals surface area contributed by atoms with Crippen LogP contribution in [0.5, 0.6) is 0 Å². The van der Waals surface area contributed by atoms with Gasteiger partial charge < -0.3 is 4.90 Å². The van der Waals surface area contributed by atoms with Gasteiger partial charge in [0.25, 0.3) is 5.91 Å². The average Bonchev–Trinajstić information content (AvgIpc) is 2.83. The Morgan fingerprint density at radius 1 is 1.52 bits per heavy atom. The van der Waals surface area contributed by atoms with E-state index < -0.39 is 10.0 Å². The number of hydrogen-bond donors (Lipinski definition) is 2. The Kier molecular flexibility index (Phi) is 5.00. The number of amides is 1. The van der Waals surface area contributed by atoms with Gasteiger partial charge in [-0.2, -0.15) is 5.10 Å². The van der Waals surface area contributed by atoms with Crippen LogP contribution in [0.1, 0.15) is 41.7 Å². The van der Waals surface area contributed by atoms with Crippen LogP contribution >= 0.6 is 0 Å². The molecule has 1 unspecified atom stereocenters. The fourth-order valence-electron chi connectivity index (χ4n) is 2.70. The second-order valence-corrected chi connectivity index (χ2v) is 7.35. The minimum atomic E-state index is -3.18. The minimum absolute atomic E-state index is 0.0229. The van der Waals surface area contributed by atoms with Crippen LogP contribution in [0, 0.1) is 6.92 Å². The van der Waals surface area contributed by atoms with E-state index in [1.54, 1.807) is 6.20 Å². The van der Waals surface area contributed by atoms with Crippen LogP contribution in [0.3, 0.4) is 0 Å². The molecule has 1 aromatic rings. The Morgan fingerprint density at radius 2 is 2.29 bits per heavy atom. The maximum absolute atomic E-state index is 12.6. The molecule has 7 nitrogen and oxygen atoms in total. The van der Waals surface area contributed by atoms with Gasteiger partial charge in [0.2, 0.25) is 10.0 Å². The number of carbonyl (C=O) groups is 1. The fourth-order valence-corrected chi connectivity index (χ4v) is 3.19. The summed E-state index contributed by atoms with van der Waals surface area (Å²) in [5, 5.41) is 6.67. The van der Waals surface area contributed by atoms with Gasteiger partial charge in [-0.3, -0.25) is 9.89 Å². The van der Waals surface area contributed by atoms with Crippen molar-refractivity contribution in [2.24, 2.45) is 0 Å². The molecule has 0 aromatic carbocycles. The van der Waals surface area contributed by atoms with E-state index in [2.05, 4.69) is 14.9 Å². The molecule has 1 fully saturated rings. The SMILES string of the molecule is Cc1[nH]ncc1C(=O)N1CCCCC1CCNS(C)(=O)=O. The summed E-state index contributed by atoms with van der Waals surface area (Å²) in [6.45, 7) is 2.90. The number of aromatic nitrogens is 2. The largest absolute Gasteiger partial charge is 0.336 e. The highest BCUT2D eigenvalue weighted by molar-refractivity contribution is 7.88. The maximum atomic E-state index is 12.6. The molecule has 0 radical (unpaired) electrons. The van der Waals surface area contributed by atoms with Gasteiger partial charge in [0.15, 0.2) is 0 Å². The van der Waals surface area contributed by atoms with Crippen LogP contribution in [-0.4, -0.2) is 54.8 Å². The lowest BCUT2D eigenvalue weighted by molar-refractivity contribution is 0.0603. The average molecular weight is 314 g/mol. The third-order valence-electron chi connectivity index (χ3n) is 3.79. The molecule has 118 valence electrons. The van der Waals surface area contributed by atoms with Gasteiger partial charge in [0.1, 0.15) is 0 Å². The molecule has 21 heavy (non-hydrogen) atoms. The lowest BCUT2D eigenvalue weighted by Crippen LogP contribution is -2.45. The van der Waals surface area contributed by atoms with Crippen LogP contribution in [-0.2, 0) is 10.0 Å². The number of H-pyrrole nitrogens is 1. The van der Waals surface area contributed by atoms with Crippen molar-refractivity contribution in [1.29, 1.82) is 0 Å². The molecule has 1 aliphatic rings. The predicted molar refractivity (Wildman–Crippen MR) is 79.5 cm³/mol. The number of nitrogens with zero attached hydrogens (tertiary/aromatic N) is 2. The van der Waals surface area contributed by atoms with Crippen molar-refractivity contribution in [3.63, 3.8) is 0 Å². The zero-order chi connectivity index (χ0) is 15.5. The van der Waals surface area contributed by atoms with Crippen LogP contribution < -0.4 is 4.72 Å². The fraction of sp³-hybridized carbons (Fsp3) is 0.692. The summed E-state index contributed by atoms with van der Waals surface area (Å²) in [5.74, 6) is -0.0229. The van der Waals surface area contributed by atoms with E-state index in [0.717, 1.165) is 31.2 Å². The molecule has 1 atom stereocenters. The standard InChI is InChI=1S/C13H22N4O3S/c1-10-12(9-14-16-10)13(18)17-8-4-3-5-11(17)6-7-15-21(2,19)20/h9,11,15H,3-8H2,1-2H3,(H,14,16). The Labute approximate surface area is 125 Å². The lowest BCUT2D eigenvalue weighted by Gasteiger charge is -2.35. The highest BCUT2D eigenvalue weighted by Crippen LogP contribution is 2.22. The first kappa shape index (κ1) is 16.0. The zero-order valence-corrected chi connectivity index (χ0v) is 13.2. The van der Waals surface area contributed by atoms with Gasteiger partial charge in [-0.1, -0.05) is 0 Å². The second kappa shape index (κ2) is 6.57. The number of piperidine rings is 1. The van der Waals surface area contributed by atoms with E-state index in [0.29, 0.717) is 25.1 Å². The molecule has 0 spiro atoms. The van der Waals surface area contributed by atoms with Gasteiger partial charge >= 0.3 is 0 Å². The van der Waals surface area contributed by atoms with Crippen LogP contribution in [0.4, 0.5) is 0 Å². The molecule has 1 aliphatic heterocycles. The van der Waals surface area contributed by atoms with Crippen LogP contribution in [0.2, 0.25) is 0 Å². The first-order valence-corrected chi connectivity index (χ1v) is 9.03.